The first-order chi connectivity index (χ1) is 13.1. The molecule has 2 aromatic heterocycles. The largest absolute Gasteiger partial charge is 0.435 e. The number of amides is 1. The summed E-state index contributed by atoms with van der Waals surface area (Å²) in [6, 6.07) is 8.85. The summed E-state index contributed by atoms with van der Waals surface area (Å²) in [5.41, 5.74) is 0.186. The van der Waals surface area contributed by atoms with Gasteiger partial charge in [0.2, 0.25) is 5.91 Å². The molecule has 1 atom stereocenters. The third kappa shape index (κ3) is 4.53. The predicted molar refractivity (Wildman–Crippen MR) is 98.1 cm³/mol. The molecule has 3 rings (SSSR count). The summed E-state index contributed by atoms with van der Waals surface area (Å²) in [5, 5.41) is 11.0. The monoisotopic (exact) mass is 411 g/mol. The Labute approximate surface area is 163 Å². The molecule has 0 spiro atoms. The van der Waals surface area contributed by atoms with E-state index in [9.17, 15) is 18.0 Å². The van der Waals surface area contributed by atoms with Gasteiger partial charge in [-0.1, -0.05) is 23.7 Å². The Hall–Kier alpha value is -2.81. The topological polar surface area (TPSA) is 64.7 Å². The summed E-state index contributed by atoms with van der Waals surface area (Å²) in [7, 11) is 0. The number of nitrogens with one attached hydrogen (secondary N) is 1. The number of rotatable bonds is 5. The van der Waals surface area contributed by atoms with E-state index >= 15 is 0 Å². The van der Waals surface area contributed by atoms with Crippen LogP contribution in [0.3, 0.4) is 0 Å². The maximum Gasteiger partial charge on any atom is 0.435 e. The molecule has 0 aliphatic carbocycles. The lowest BCUT2D eigenvalue weighted by Crippen LogP contribution is -2.26. The molecule has 0 radical (unpaired) electrons. The Bertz CT molecular complexity index is 978. The predicted octanol–water partition coefficient (Wildman–Crippen LogP) is 4.31. The summed E-state index contributed by atoms with van der Waals surface area (Å²) in [5.74, 6) is -0.219. The van der Waals surface area contributed by atoms with Crippen molar-refractivity contribution in [2.75, 3.05) is 5.32 Å². The molecule has 6 nitrogen and oxygen atoms in total. The van der Waals surface area contributed by atoms with Crippen LogP contribution >= 0.6 is 11.6 Å². The third-order valence-electron chi connectivity index (χ3n) is 4.11. The number of carbonyl (C=O) groups is 1. The number of alkyl halides is 3. The Balaban J connectivity index is 1.67. The van der Waals surface area contributed by atoms with Crippen molar-refractivity contribution in [2.24, 2.45) is 0 Å². The molecule has 0 fully saturated rings. The lowest BCUT2D eigenvalue weighted by molar-refractivity contribution is -0.141. The van der Waals surface area contributed by atoms with Gasteiger partial charge in [-0.05, 0) is 37.6 Å². The molecular weight excluding hydrogens is 395 g/mol. The maximum atomic E-state index is 12.8. The van der Waals surface area contributed by atoms with Gasteiger partial charge in [0.15, 0.2) is 11.5 Å². The van der Waals surface area contributed by atoms with Crippen LogP contribution in [-0.2, 0) is 17.5 Å². The number of hydrogen-bond donors (Lipinski definition) is 1. The van der Waals surface area contributed by atoms with Crippen LogP contribution in [0.25, 0.3) is 0 Å². The van der Waals surface area contributed by atoms with E-state index in [4.69, 9.17) is 11.6 Å². The molecule has 148 valence electrons. The summed E-state index contributed by atoms with van der Waals surface area (Å²) in [6.45, 7) is 3.42. The van der Waals surface area contributed by atoms with Gasteiger partial charge in [0.25, 0.3) is 0 Å². The van der Waals surface area contributed by atoms with E-state index in [-0.39, 0.29) is 5.69 Å². The Morgan fingerprint density at radius 3 is 2.50 bits per heavy atom. The van der Waals surface area contributed by atoms with Gasteiger partial charge in [-0.3, -0.25) is 14.2 Å². The van der Waals surface area contributed by atoms with Crippen molar-refractivity contribution in [1.29, 1.82) is 0 Å². The van der Waals surface area contributed by atoms with Crippen molar-refractivity contribution in [3.8, 4) is 0 Å². The van der Waals surface area contributed by atoms with Crippen LogP contribution in [-0.4, -0.2) is 25.5 Å². The highest BCUT2D eigenvalue weighted by atomic mass is 35.5. The smallest absolute Gasteiger partial charge is 0.307 e. The van der Waals surface area contributed by atoms with Gasteiger partial charge in [-0.25, -0.2) is 0 Å². The molecule has 0 aliphatic rings. The van der Waals surface area contributed by atoms with Gasteiger partial charge in [-0.15, -0.1) is 0 Å². The molecule has 0 saturated heterocycles. The number of halogens is 4. The number of aryl methyl sites for hydroxylation is 1. The minimum Gasteiger partial charge on any atom is -0.307 e. The van der Waals surface area contributed by atoms with Crippen LogP contribution in [0.2, 0.25) is 5.02 Å². The van der Waals surface area contributed by atoms with Crippen LogP contribution in [0.1, 0.15) is 29.9 Å². The van der Waals surface area contributed by atoms with E-state index in [2.05, 4.69) is 15.5 Å². The summed E-state index contributed by atoms with van der Waals surface area (Å²) < 4.78 is 41.1. The minimum atomic E-state index is -4.56. The SMILES string of the molecule is Cc1cc(C(F)(F)F)nn1C(C)C(=O)Nc1ccn(Cc2ccc(Cl)cc2)n1. The zero-order valence-corrected chi connectivity index (χ0v) is 15.8. The van der Waals surface area contributed by atoms with Gasteiger partial charge >= 0.3 is 6.18 Å². The maximum absolute atomic E-state index is 12.8. The average Bonchev–Trinajstić information content (AvgIpc) is 3.22. The molecule has 0 bridgehead atoms. The molecule has 1 N–H and O–H groups in total. The minimum absolute atomic E-state index is 0.239. The van der Waals surface area contributed by atoms with E-state index < -0.39 is 23.8 Å². The summed E-state index contributed by atoms with van der Waals surface area (Å²) >= 11 is 5.85. The average molecular weight is 412 g/mol. The molecular formula is C18H17ClF3N5O. The Morgan fingerprint density at radius 2 is 1.89 bits per heavy atom. The molecule has 1 aromatic carbocycles. The van der Waals surface area contributed by atoms with E-state index in [0.717, 1.165) is 16.3 Å². The first-order valence-corrected chi connectivity index (χ1v) is 8.73. The molecule has 1 unspecified atom stereocenters. The van der Waals surface area contributed by atoms with Crippen LogP contribution in [0.5, 0.6) is 0 Å². The lowest BCUT2D eigenvalue weighted by atomic mass is 10.2. The van der Waals surface area contributed by atoms with Gasteiger partial charge in [0.1, 0.15) is 6.04 Å². The van der Waals surface area contributed by atoms with Crippen molar-refractivity contribution in [1.82, 2.24) is 19.6 Å². The van der Waals surface area contributed by atoms with E-state index in [1.165, 1.54) is 13.8 Å². The fraction of sp³-hybridized carbons (Fsp3) is 0.278. The number of carbonyl (C=O) groups excluding carboxylic acids is 1. The fourth-order valence-electron chi connectivity index (χ4n) is 2.65. The van der Waals surface area contributed by atoms with Crippen LogP contribution in [0.4, 0.5) is 19.0 Å². The third-order valence-corrected chi connectivity index (χ3v) is 4.36. The van der Waals surface area contributed by atoms with Crippen LogP contribution in [0.15, 0.2) is 42.6 Å². The van der Waals surface area contributed by atoms with Crippen molar-refractivity contribution in [3.63, 3.8) is 0 Å². The summed E-state index contributed by atoms with van der Waals surface area (Å²) in [4.78, 5) is 12.4. The van der Waals surface area contributed by atoms with Gasteiger partial charge in [0, 0.05) is 23.0 Å². The molecule has 0 aliphatic heterocycles. The lowest BCUT2D eigenvalue weighted by Gasteiger charge is -2.13. The van der Waals surface area contributed by atoms with E-state index in [1.54, 1.807) is 29.1 Å². The number of nitrogens with zero attached hydrogens (tertiary/aromatic N) is 4. The quantitative estimate of drug-likeness (QED) is 0.680. The van der Waals surface area contributed by atoms with Crippen LogP contribution < -0.4 is 5.32 Å². The Kier molecular flexibility index (Phi) is 5.46. The zero-order valence-electron chi connectivity index (χ0n) is 15.0. The molecule has 10 heteroatoms. The number of hydrogen-bond acceptors (Lipinski definition) is 3. The van der Waals surface area contributed by atoms with Crippen molar-refractivity contribution in [2.45, 2.75) is 32.6 Å². The summed E-state index contributed by atoms with van der Waals surface area (Å²) in [6.07, 6.45) is -2.87. The molecule has 3 aromatic rings. The van der Waals surface area contributed by atoms with Crippen molar-refractivity contribution in [3.05, 3.63) is 64.6 Å². The van der Waals surface area contributed by atoms with E-state index in [1.807, 2.05) is 12.1 Å². The second kappa shape index (κ2) is 7.67. The molecule has 28 heavy (non-hydrogen) atoms. The molecule has 2 heterocycles. The van der Waals surface area contributed by atoms with Crippen LogP contribution in [0, 0.1) is 6.92 Å². The van der Waals surface area contributed by atoms with Crippen molar-refractivity contribution >= 4 is 23.3 Å². The van der Waals surface area contributed by atoms with E-state index in [0.29, 0.717) is 17.4 Å². The number of benzene rings is 1. The zero-order chi connectivity index (χ0) is 20.5. The van der Waals surface area contributed by atoms with Gasteiger partial charge in [-0.2, -0.15) is 23.4 Å². The Morgan fingerprint density at radius 1 is 1.21 bits per heavy atom. The molecule has 1 amide bonds. The van der Waals surface area contributed by atoms with Gasteiger partial charge in [0.05, 0.1) is 6.54 Å². The highest BCUT2D eigenvalue weighted by Gasteiger charge is 2.35. The molecule has 0 saturated carbocycles. The highest BCUT2D eigenvalue weighted by Crippen LogP contribution is 2.29. The standard InChI is InChI=1S/C18H17ClF3N5O/c1-11-9-15(18(20,21)22)24-27(11)12(2)17(28)23-16-7-8-26(25-16)10-13-3-5-14(19)6-4-13/h3-9,12H,10H2,1-2H3,(H,23,25,28). The van der Waals surface area contributed by atoms with Crippen molar-refractivity contribution < 1.29 is 18.0 Å². The highest BCUT2D eigenvalue weighted by molar-refractivity contribution is 6.30. The second-order valence-electron chi connectivity index (χ2n) is 6.30. The normalized spacial score (nSPS) is 12.8. The second-order valence-corrected chi connectivity index (χ2v) is 6.74. The number of anilines is 1. The van der Waals surface area contributed by atoms with Gasteiger partial charge < -0.3 is 5.32 Å². The fourth-order valence-corrected chi connectivity index (χ4v) is 2.78. The first-order valence-electron chi connectivity index (χ1n) is 8.35. The number of aromatic nitrogens is 4. The first kappa shape index (κ1) is 19.9.